The molecule has 0 saturated carbocycles. The molecule has 1 atom stereocenters. The van der Waals surface area contributed by atoms with E-state index in [2.05, 4.69) is 44.2 Å². The standard InChI is InChI=1S/C18H22N6S/c1-11(20-2)13-6-16(25-10-13)15-8-22-17(19)18-23-14(9-24(15)18)12-4-3-5-21-7-12/h6,8-10,12,20-21H,1,3-5,7H2,2H3,(H2,19,22)/t12-/m0/s1. The molecule has 4 heterocycles. The molecule has 0 radical (unpaired) electrons. The summed E-state index contributed by atoms with van der Waals surface area (Å²) in [7, 11) is 1.88. The van der Waals surface area contributed by atoms with Gasteiger partial charge in [-0.25, -0.2) is 9.97 Å². The number of nitrogens with zero attached hydrogens (tertiary/aromatic N) is 3. The number of fused-ring (bicyclic) bond motifs is 1. The van der Waals surface area contributed by atoms with E-state index in [1.165, 1.54) is 6.42 Å². The van der Waals surface area contributed by atoms with Crippen LogP contribution in [0.2, 0.25) is 0 Å². The Morgan fingerprint density at radius 3 is 3.16 bits per heavy atom. The number of nitrogen functional groups attached to an aromatic ring is 1. The second kappa shape index (κ2) is 6.50. The van der Waals surface area contributed by atoms with E-state index in [0.29, 0.717) is 11.7 Å². The van der Waals surface area contributed by atoms with Gasteiger partial charge in [0.2, 0.25) is 0 Å². The van der Waals surface area contributed by atoms with E-state index in [1.54, 1.807) is 11.3 Å². The molecular formula is C18H22N6S. The highest BCUT2D eigenvalue weighted by atomic mass is 32.1. The zero-order chi connectivity index (χ0) is 17.4. The first-order chi connectivity index (χ1) is 12.2. The van der Waals surface area contributed by atoms with Gasteiger partial charge in [0, 0.05) is 42.3 Å². The van der Waals surface area contributed by atoms with Gasteiger partial charge in [-0.2, -0.15) is 0 Å². The van der Waals surface area contributed by atoms with Crippen molar-refractivity contribution < 1.29 is 0 Å². The van der Waals surface area contributed by atoms with Crippen LogP contribution in [0, 0.1) is 0 Å². The number of nitrogens with two attached hydrogens (primary N) is 1. The molecule has 0 bridgehead atoms. The summed E-state index contributed by atoms with van der Waals surface area (Å²) in [5.74, 6) is 0.902. The smallest absolute Gasteiger partial charge is 0.180 e. The van der Waals surface area contributed by atoms with Gasteiger partial charge in [0.05, 0.1) is 22.5 Å². The van der Waals surface area contributed by atoms with Crippen LogP contribution in [0.5, 0.6) is 0 Å². The second-order valence-electron chi connectivity index (χ2n) is 6.36. The fourth-order valence-corrected chi connectivity index (χ4v) is 4.20. The molecule has 130 valence electrons. The van der Waals surface area contributed by atoms with Crippen molar-refractivity contribution in [2.24, 2.45) is 0 Å². The quantitative estimate of drug-likeness (QED) is 0.671. The second-order valence-corrected chi connectivity index (χ2v) is 7.27. The van der Waals surface area contributed by atoms with E-state index in [-0.39, 0.29) is 0 Å². The Balaban J connectivity index is 1.78. The molecule has 1 aliphatic heterocycles. The Hall–Kier alpha value is -2.38. The van der Waals surface area contributed by atoms with Crippen LogP contribution in [0.4, 0.5) is 5.82 Å². The van der Waals surface area contributed by atoms with Crippen molar-refractivity contribution in [2.75, 3.05) is 25.9 Å². The van der Waals surface area contributed by atoms with Crippen LogP contribution in [0.15, 0.2) is 30.4 Å². The van der Waals surface area contributed by atoms with Crippen molar-refractivity contribution in [2.45, 2.75) is 18.8 Å². The minimum atomic E-state index is 0.434. The van der Waals surface area contributed by atoms with Gasteiger partial charge >= 0.3 is 0 Å². The third kappa shape index (κ3) is 2.89. The van der Waals surface area contributed by atoms with Crippen molar-refractivity contribution in [3.8, 4) is 10.6 Å². The van der Waals surface area contributed by atoms with Crippen molar-refractivity contribution >= 4 is 28.5 Å². The third-order valence-corrected chi connectivity index (χ3v) is 5.71. The predicted octanol–water partition coefficient (Wildman–Crippen LogP) is 2.70. The molecule has 3 aromatic rings. The van der Waals surface area contributed by atoms with Crippen LogP contribution in [0.3, 0.4) is 0 Å². The number of aromatic nitrogens is 3. The number of thiophene rings is 1. The molecule has 1 saturated heterocycles. The van der Waals surface area contributed by atoms with Gasteiger partial charge in [0.1, 0.15) is 0 Å². The molecule has 4 N–H and O–H groups in total. The summed E-state index contributed by atoms with van der Waals surface area (Å²) in [6, 6.07) is 2.12. The highest BCUT2D eigenvalue weighted by Gasteiger charge is 2.20. The van der Waals surface area contributed by atoms with Gasteiger partial charge < -0.3 is 16.4 Å². The van der Waals surface area contributed by atoms with E-state index in [0.717, 1.165) is 52.7 Å². The first-order valence-electron chi connectivity index (χ1n) is 8.47. The molecule has 0 unspecified atom stereocenters. The third-order valence-electron chi connectivity index (χ3n) is 4.76. The van der Waals surface area contributed by atoms with Gasteiger partial charge in [-0.3, -0.25) is 4.40 Å². The maximum atomic E-state index is 6.09. The highest BCUT2D eigenvalue weighted by molar-refractivity contribution is 7.13. The number of imidazole rings is 1. The van der Waals surface area contributed by atoms with Crippen LogP contribution in [0.1, 0.15) is 30.0 Å². The molecule has 1 fully saturated rings. The molecule has 0 aromatic carbocycles. The van der Waals surface area contributed by atoms with Gasteiger partial charge in [0.25, 0.3) is 0 Å². The number of nitrogens with one attached hydrogen (secondary N) is 2. The van der Waals surface area contributed by atoms with Gasteiger partial charge in [-0.1, -0.05) is 6.58 Å². The summed E-state index contributed by atoms with van der Waals surface area (Å²) in [5, 5.41) is 8.64. The molecule has 0 spiro atoms. The molecule has 7 heteroatoms. The minimum Gasteiger partial charge on any atom is -0.388 e. The molecule has 0 aliphatic carbocycles. The summed E-state index contributed by atoms with van der Waals surface area (Å²) >= 11 is 1.67. The van der Waals surface area contributed by atoms with E-state index < -0.39 is 0 Å². The van der Waals surface area contributed by atoms with E-state index in [4.69, 9.17) is 10.7 Å². The Kier molecular flexibility index (Phi) is 4.19. The highest BCUT2D eigenvalue weighted by Crippen LogP contribution is 2.32. The van der Waals surface area contributed by atoms with E-state index in [9.17, 15) is 0 Å². The monoisotopic (exact) mass is 354 g/mol. The minimum absolute atomic E-state index is 0.434. The lowest BCUT2D eigenvalue weighted by Gasteiger charge is -2.20. The first-order valence-corrected chi connectivity index (χ1v) is 9.35. The number of hydrogen-bond acceptors (Lipinski definition) is 6. The average molecular weight is 354 g/mol. The summed E-state index contributed by atoms with van der Waals surface area (Å²) in [4.78, 5) is 10.3. The summed E-state index contributed by atoms with van der Waals surface area (Å²) in [5.41, 5.74) is 10.9. The molecule has 25 heavy (non-hydrogen) atoms. The maximum absolute atomic E-state index is 6.09. The van der Waals surface area contributed by atoms with Crippen molar-refractivity contribution in [1.82, 2.24) is 25.0 Å². The maximum Gasteiger partial charge on any atom is 0.180 e. The van der Waals surface area contributed by atoms with E-state index in [1.807, 2.05) is 13.2 Å². The Morgan fingerprint density at radius 2 is 2.40 bits per heavy atom. The lowest BCUT2D eigenvalue weighted by molar-refractivity contribution is 0.456. The topological polar surface area (TPSA) is 80.3 Å². The van der Waals surface area contributed by atoms with Gasteiger partial charge in [-0.05, 0) is 25.5 Å². The Bertz CT molecular complexity index is 919. The first kappa shape index (κ1) is 16.1. The fraction of sp³-hybridized carbons (Fsp3) is 0.333. The Morgan fingerprint density at radius 1 is 1.52 bits per heavy atom. The molecule has 3 aromatic heterocycles. The van der Waals surface area contributed by atoms with Crippen molar-refractivity contribution in [1.29, 1.82) is 0 Å². The number of anilines is 1. The molecular weight excluding hydrogens is 332 g/mol. The molecule has 6 nitrogen and oxygen atoms in total. The van der Waals surface area contributed by atoms with Crippen LogP contribution in [-0.4, -0.2) is 34.5 Å². The Labute approximate surface area is 150 Å². The lowest BCUT2D eigenvalue weighted by Crippen LogP contribution is -2.28. The van der Waals surface area contributed by atoms with Crippen LogP contribution < -0.4 is 16.4 Å². The van der Waals surface area contributed by atoms with Crippen LogP contribution >= 0.6 is 11.3 Å². The van der Waals surface area contributed by atoms with Crippen molar-refractivity contribution in [3.05, 3.63) is 41.7 Å². The zero-order valence-electron chi connectivity index (χ0n) is 14.2. The summed E-state index contributed by atoms with van der Waals surface area (Å²) in [6.07, 6.45) is 6.28. The van der Waals surface area contributed by atoms with Gasteiger partial charge in [-0.15, -0.1) is 11.3 Å². The SMILES string of the molecule is C=C(NC)c1csc(-c2cnc(N)c3nc([C@H]4CCCNC4)cn23)c1. The zero-order valence-corrected chi connectivity index (χ0v) is 15.1. The number of hydrogen-bond donors (Lipinski definition) is 3. The van der Waals surface area contributed by atoms with E-state index >= 15 is 0 Å². The lowest BCUT2D eigenvalue weighted by atomic mass is 9.97. The van der Waals surface area contributed by atoms with Gasteiger partial charge in [0.15, 0.2) is 11.5 Å². The fourth-order valence-electron chi connectivity index (χ4n) is 3.27. The largest absolute Gasteiger partial charge is 0.388 e. The predicted molar refractivity (Wildman–Crippen MR) is 104 cm³/mol. The molecule has 4 rings (SSSR count). The van der Waals surface area contributed by atoms with Crippen LogP contribution in [0.25, 0.3) is 21.9 Å². The molecule has 1 aliphatic rings. The average Bonchev–Trinajstić information content (AvgIpc) is 3.30. The normalized spacial score (nSPS) is 17.7. The molecule has 0 amide bonds. The number of piperidine rings is 1. The summed E-state index contributed by atoms with van der Waals surface area (Å²) in [6.45, 7) is 6.09. The number of rotatable bonds is 4. The summed E-state index contributed by atoms with van der Waals surface area (Å²) < 4.78 is 2.07. The van der Waals surface area contributed by atoms with Crippen LogP contribution in [-0.2, 0) is 0 Å². The van der Waals surface area contributed by atoms with Crippen molar-refractivity contribution in [3.63, 3.8) is 0 Å².